The maximum Gasteiger partial charge on any atom is 0.435 e. The van der Waals surface area contributed by atoms with Crippen molar-refractivity contribution in [2.45, 2.75) is 100 Å². The van der Waals surface area contributed by atoms with Gasteiger partial charge in [0.25, 0.3) is 5.92 Å². The molecule has 3 heterocycles. The number of anilines is 1. The lowest BCUT2D eigenvalue weighted by atomic mass is 9.93. The van der Waals surface area contributed by atoms with Crippen LogP contribution < -0.4 is 14.9 Å². The van der Waals surface area contributed by atoms with Gasteiger partial charge in [0.1, 0.15) is 37.0 Å². The largest absolute Gasteiger partial charge is 0.481 e. The fraction of sp³-hybridized carbons (Fsp3) is 0.435. The molecule has 1 fully saturated rings. The number of hydrogen-bond donors (Lipinski definition) is 4. The number of benzene rings is 2. The Balaban J connectivity index is 1.44. The number of sulfone groups is 1. The fourth-order valence-electron chi connectivity index (χ4n) is 9.04. The Morgan fingerprint density at radius 3 is 2.11 bits per heavy atom. The number of carbonyl (C=O) groups excluding carboxylic acids is 3. The van der Waals surface area contributed by atoms with Crippen LogP contribution in [0.15, 0.2) is 42.5 Å². The van der Waals surface area contributed by atoms with Gasteiger partial charge in [0, 0.05) is 40.6 Å². The zero-order chi connectivity index (χ0) is 58.9. The molecule has 3 amide bonds. The van der Waals surface area contributed by atoms with E-state index in [1.807, 2.05) is 0 Å². The average Bonchev–Trinajstić information content (AvgIpc) is 3.64. The van der Waals surface area contributed by atoms with Crippen LogP contribution in [-0.2, 0) is 81.8 Å². The van der Waals surface area contributed by atoms with Crippen LogP contribution in [0.2, 0.25) is 5.02 Å². The lowest BCUT2D eigenvalue weighted by Crippen LogP contribution is -2.45. The number of aryl methyl sites for hydroxylation is 1. The van der Waals surface area contributed by atoms with E-state index < -0.39 is 191 Å². The minimum atomic E-state index is -5.26. The molecule has 1 saturated carbocycles. The summed E-state index contributed by atoms with van der Waals surface area (Å²) in [5.41, 5.74) is -6.07. The van der Waals surface area contributed by atoms with Crippen LogP contribution in [0.3, 0.4) is 0 Å². The molecule has 2 aliphatic carbocycles. The van der Waals surface area contributed by atoms with E-state index in [1.54, 1.807) is 5.32 Å². The van der Waals surface area contributed by atoms with Crippen molar-refractivity contribution in [1.82, 2.24) is 35.2 Å². The number of hydrogen-bond acceptors (Lipinski definition) is 13. The minimum absolute atomic E-state index is 0.0276. The summed E-state index contributed by atoms with van der Waals surface area (Å²) >= 11 is 6.61. The van der Waals surface area contributed by atoms with Gasteiger partial charge < -0.3 is 25.6 Å². The number of halogens is 11. The molecular formula is C46H43ClF10N8O12S2. The van der Waals surface area contributed by atoms with Crippen LogP contribution in [0.5, 0.6) is 0 Å². The molecule has 4 atom stereocenters. The summed E-state index contributed by atoms with van der Waals surface area (Å²) in [5, 5.41) is 28.2. The van der Waals surface area contributed by atoms with E-state index >= 15 is 8.78 Å². The van der Waals surface area contributed by atoms with Gasteiger partial charge in [-0.25, -0.2) is 35.2 Å². The van der Waals surface area contributed by atoms with Crippen molar-refractivity contribution in [3.63, 3.8) is 0 Å². The zero-order valence-electron chi connectivity index (χ0n) is 41.1. The van der Waals surface area contributed by atoms with E-state index in [0.717, 1.165) is 36.6 Å². The Morgan fingerprint density at radius 2 is 1.54 bits per heavy atom. The number of carboxylic acids is 2. The third-order valence-corrected chi connectivity index (χ3v) is 16.5. The van der Waals surface area contributed by atoms with Gasteiger partial charge in [-0.3, -0.25) is 28.7 Å². The summed E-state index contributed by atoms with van der Waals surface area (Å²) in [7, 11) is -8.93. The molecule has 0 spiro atoms. The first-order chi connectivity index (χ1) is 36.3. The molecule has 33 heteroatoms. The summed E-state index contributed by atoms with van der Waals surface area (Å²) < 4.78 is 204. The van der Waals surface area contributed by atoms with E-state index in [0.29, 0.717) is 12.3 Å². The topological polar surface area (TPSA) is 279 Å². The highest BCUT2D eigenvalue weighted by molar-refractivity contribution is 7.92. The van der Waals surface area contributed by atoms with E-state index in [4.69, 9.17) is 21.4 Å². The Labute approximate surface area is 445 Å². The number of aromatic nitrogens is 5. The van der Waals surface area contributed by atoms with E-state index in [-0.39, 0.29) is 49.8 Å². The third kappa shape index (κ3) is 12.8. The zero-order valence-corrected chi connectivity index (χ0v) is 43.5. The van der Waals surface area contributed by atoms with Gasteiger partial charge in [-0.05, 0) is 75.3 Å². The standard InChI is InChI=1S/C46H43ClF10N8O12S2/c1-43(2,78(3,73)74)10-9-23-5-6-25(35(58-23)30(13-20-11-21(48)14-22(49)12-20)60-31(66)17-63-38-33(37(61-63)46(55,56)57)27-16-28(27)45(38,53)54)26-7-8-29(47)34-36(26)64(19-44(50,51)52)62-39(34)65(79(4,75)76)42(72)77-18-24(15-32(67)68)59-40(69)41(70)71/h5-8,11-12,14,24,27-28,30H,9-10,13,15-19H2,1-4H3,(H,59,69)(H,60,66)(H,67,68)(H,70,71)/t24-,27-,28+,30-/m0/s1. The van der Waals surface area contributed by atoms with Gasteiger partial charge in [0.15, 0.2) is 21.3 Å². The summed E-state index contributed by atoms with van der Waals surface area (Å²) in [5.74, 6) is -17.2. The number of pyridine rings is 1. The van der Waals surface area contributed by atoms with Crippen molar-refractivity contribution in [2.24, 2.45) is 5.92 Å². The lowest BCUT2D eigenvalue weighted by Gasteiger charge is -2.25. The van der Waals surface area contributed by atoms with Crippen LogP contribution in [0.1, 0.15) is 79.0 Å². The van der Waals surface area contributed by atoms with Gasteiger partial charge in [-0.1, -0.05) is 23.7 Å². The van der Waals surface area contributed by atoms with Crippen molar-refractivity contribution in [3.05, 3.63) is 93.0 Å². The smallest absolute Gasteiger partial charge is 0.435 e. The molecule has 7 rings (SSSR count). The molecule has 5 aromatic rings. The molecule has 79 heavy (non-hydrogen) atoms. The molecule has 2 aliphatic rings. The number of aliphatic carboxylic acids is 2. The van der Waals surface area contributed by atoms with Crippen molar-refractivity contribution < 1.29 is 99.7 Å². The molecule has 3 aromatic heterocycles. The number of carbonyl (C=O) groups is 5. The molecule has 0 radical (unpaired) electrons. The van der Waals surface area contributed by atoms with E-state index in [2.05, 4.69) is 20.5 Å². The molecule has 4 N–H and O–H groups in total. The fourth-order valence-corrected chi connectivity index (χ4v) is 10.5. The van der Waals surface area contributed by atoms with Crippen LogP contribution >= 0.6 is 11.6 Å². The van der Waals surface area contributed by atoms with Gasteiger partial charge in [-0.15, -0.1) is 0 Å². The molecule has 20 nitrogen and oxygen atoms in total. The number of rotatable bonds is 19. The normalized spacial score (nSPS) is 16.9. The first-order valence-corrected chi connectivity index (χ1v) is 27.1. The van der Waals surface area contributed by atoms with E-state index in [9.17, 15) is 81.0 Å². The number of nitrogens with one attached hydrogen (secondary N) is 2. The molecule has 428 valence electrons. The number of alkyl halides is 8. The maximum atomic E-state index is 15.6. The van der Waals surface area contributed by atoms with Crippen molar-refractivity contribution >= 4 is 78.0 Å². The molecule has 0 saturated heterocycles. The number of carboxylic acid groups (broad SMARTS) is 2. The van der Waals surface area contributed by atoms with Crippen molar-refractivity contribution in [2.75, 3.05) is 23.4 Å². The third-order valence-electron chi connectivity index (χ3n) is 13.0. The molecule has 0 unspecified atom stereocenters. The van der Waals surface area contributed by atoms with Gasteiger partial charge in [-0.2, -0.15) is 49.6 Å². The number of amides is 3. The average molecular weight is 1190 g/mol. The van der Waals surface area contributed by atoms with Gasteiger partial charge in [0.2, 0.25) is 15.9 Å². The highest BCUT2D eigenvalue weighted by Crippen LogP contribution is 2.68. The second kappa shape index (κ2) is 21.2. The van der Waals surface area contributed by atoms with Gasteiger partial charge in [0.05, 0.1) is 51.1 Å². The quantitative estimate of drug-likeness (QED) is 0.0488. The monoisotopic (exact) mass is 1190 g/mol. The SMILES string of the molecule is CC(C)(CCc1ccc(-c2ccc(Cl)c3c(N(C(=O)OC[C@H](CC(=O)O)NC(=O)C(=O)O)S(C)(=O)=O)nn(CC(F)(F)F)c23)c([C@H](Cc2cc(F)cc(F)c2)NC(=O)Cn2nc(C(F)(F)F)c3c2C(F)(F)[C@@H]2C[C@H]32)n1)S(C)(=O)=O. The van der Waals surface area contributed by atoms with Crippen LogP contribution in [0.4, 0.5) is 54.5 Å². The number of fused-ring (bicyclic) bond motifs is 4. The van der Waals surface area contributed by atoms with Crippen LogP contribution in [-0.4, -0.2) is 118 Å². The number of sulfonamides is 1. The second-order valence-electron chi connectivity index (χ2n) is 19.3. The summed E-state index contributed by atoms with van der Waals surface area (Å²) in [6.45, 7) is -2.00. The first kappa shape index (κ1) is 59.6. The molecule has 0 aliphatic heterocycles. The Morgan fingerprint density at radius 1 is 0.911 bits per heavy atom. The Kier molecular flexibility index (Phi) is 16.0. The summed E-state index contributed by atoms with van der Waals surface area (Å²) in [4.78, 5) is 67.2. The first-order valence-electron chi connectivity index (χ1n) is 23.0. The van der Waals surface area contributed by atoms with Crippen LogP contribution in [0.25, 0.3) is 22.0 Å². The minimum Gasteiger partial charge on any atom is -0.481 e. The maximum absolute atomic E-state index is 15.6. The highest BCUT2D eigenvalue weighted by Gasteiger charge is 2.68. The highest BCUT2D eigenvalue weighted by atomic mass is 35.5. The summed E-state index contributed by atoms with van der Waals surface area (Å²) in [6, 6.07) is 2.70. The van der Waals surface area contributed by atoms with Gasteiger partial charge >= 0.3 is 36.3 Å². The molecular weight excluding hydrogens is 1150 g/mol. The Hall–Kier alpha value is -7.09. The summed E-state index contributed by atoms with van der Waals surface area (Å²) in [6.07, 6.45) is -13.8. The van der Waals surface area contributed by atoms with Crippen LogP contribution in [0, 0.1) is 17.6 Å². The Bertz CT molecular complexity index is 3540. The molecule has 2 aromatic carbocycles. The molecule has 0 bridgehead atoms. The predicted molar refractivity (Wildman–Crippen MR) is 255 cm³/mol. The second-order valence-corrected chi connectivity index (χ2v) is 24.2. The lowest BCUT2D eigenvalue weighted by molar-refractivity contribution is -0.151. The number of nitrogens with zero attached hydrogens (tertiary/aromatic N) is 6. The number of ether oxygens (including phenoxy) is 1. The van der Waals surface area contributed by atoms with E-state index in [1.165, 1.54) is 19.9 Å². The van der Waals surface area contributed by atoms with Crippen molar-refractivity contribution in [1.29, 1.82) is 0 Å². The predicted octanol–water partition coefficient (Wildman–Crippen LogP) is 6.82. The van der Waals surface area contributed by atoms with Crippen molar-refractivity contribution in [3.8, 4) is 11.1 Å².